The summed E-state index contributed by atoms with van der Waals surface area (Å²) < 4.78 is 1.05. The highest BCUT2D eigenvalue weighted by molar-refractivity contribution is 7.22. The Balaban J connectivity index is 1.77. The summed E-state index contributed by atoms with van der Waals surface area (Å²) in [5.74, 6) is -0.115. The molecular formula is C17H21N3O2S. The number of benzene rings is 1. The Bertz CT molecular complexity index is 735. The van der Waals surface area contributed by atoms with Gasteiger partial charge in [0.1, 0.15) is 6.04 Å². The van der Waals surface area contributed by atoms with E-state index in [4.69, 9.17) is 0 Å². The van der Waals surface area contributed by atoms with Crippen LogP contribution < -0.4 is 10.6 Å². The molecule has 1 saturated carbocycles. The van der Waals surface area contributed by atoms with Crippen molar-refractivity contribution in [2.45, 2.75) is 45.6 Å². The van der Waals surface area contributed by atoms with E-state index >= 15 is 0 Å². The first-order valence-corrected chi connectivity index (χ1v) is 8.80. The number of fused-ring (bicyclic) bond motifs is 1. The lowest BCUT2D eigenvalue weighted by molar-refractivity contribution is -0.126. The van der Waals surface area contributed by atoms with E-state index in [0.29, 0.717) is 5.13 Å². The van der Waals surface area contributed by atoms with E-state index in [9.17, 15) is 9.59 Å². The van der Waals surface area contributed by atoms with Crippen molar-refractivity contribution in [1.82, 2.24) is 10.3 Å². The summed E-state index contributed by atoms with van der Waals surface area (Å²) in [6.45, 7) is 3.49. The number of hydrogen-bond donors (Lipinski definition) is 2. The summed E-state index contributed by atoms with van der Waals surface area (Å²) >= 11 is 1.46. The number of carbonyl (C=O) groups excluding carboxylic acids is 2. The molecule has 1 aromatic carbocycles. The third-order valence-electron chi connectivity index (χ3n) is 4.29. The molecule has 2 amide bonds. The van der Waals surface area contributed by atoms with Crippen molar-refractivity contribution in [2.24, 2.45) is 5.92 Å². The molecule has 2 aromatic rings. The van der Waals surface area contributed by atoms with E-state index in [1.54, 1.807) is 0 Å². The number of hydrogen-bond acceptors (Lipinski definition) is 4. The number of carbonyl (C=O) groups is 2. The molecule has 0 aliphatic heterocycles. The van der Waals surface area contributed by atoms with Crippen molar-refractivity contribution in [3.05, 3.63) is 23.8 Å². The van der Waals surface area contributed by atoms with Crippen LogP contribution >= 0.6 is 11.3 Å². The van der Waals surface area contributed by atoms with Gasteiger partial charge in [-0.3, -0.25) is 9.59 Å². The molecule has 6 heteroatoms. The monoisotopic (exact) mass is 331 g/mol. The van der Waals surface area contributed by atoms with Gasteiger partial charge in [0.15, 0.2) is 5.13 Å². The van der Waals surface area contributed by atoms with Crippen LogP contribution in [0.15, 0.2) is 18.2 Å². The molecular weight excluding hydrogens is 310 g/mol. The Labute approximate surface area is 139 Å². The molecule has 5 nitrogen and oxygen atoms in total. The smallest absolute Gasteiger partial charge is 0.249 e. The highest BCUT2D eigenvalue weighted by atomic mass is 32.1. The van der Waals surface area contributed by atoms with Crippen molar-refractivity contribution < 1.29 is 9.59 Å². The lowest BCUT2D eigenvalue weighted by Gasteiger charge is -2.22. The molecule has 1 unspecified atom stereocenters. The molecule has 2 N–H and O–H groups in total. The van der Waals surface area contributed by atoms with Crippen molar-refractivity contribution in [1.29, 1.82) is 0 Å². The largest absolute Gasteiger partial charge is 0.344 e. The lowest BCUT2D eigenvalue weighted by Crippen LogP contribution is -2.47. The summed E-state index contributed by atoms with van der Waals surface area (Å²) in [5.41, 5.74) is 2.05. The third-order valence-corrected chi connectivity index (χ3v) is 5.22. The highest BCUT2D eigenvalue weighted by Crippen LogP contribution is 2.30. The molecule has 0 radical (unpaired) electrons. The van der Waals surface area contributed by atoms with Crippen LogP contribution in [0.5, 0.6) is 0 Å². The zero-order valence-corrected chi connectivity index (χ0v) is 14.2. The SMILES string of the molecule is CC(=O)NC(C(=O)Nc1nc2ccc(C)cc2s1)C1CCCC1. The van der Waals surface area contributed by atoms with E-state index in [2.05, 4.69) is 21.7 Å². The normalized spacial score (nSPS) is 16.4. The molecule has 0 saturated heterocycles. The molecule has 0 bridgehead atoms. The van der Waals surface area contributed by atoms with E-state index in [-0.39, 0.29) is 17.7 Å². The van der Waals surface area contributed by atoms with E-state index in [1.165, 1.54) is 23.8 Å². The van der Waals surface area contributed by atoms with E-state index < -0.39 is 6.04 Å². The van der Waals surface area contributed by atoms with Crippen molar-refractivity contribution in [3.63, 3.8) is 0 Å². The number of thiazole rings is 1. The maximum absolute atomic E-state index is 12.6. The van der Waals surface area contributed by atoms with Gasteiger partial charge in [-0.25, -0.2) is 4.98 Å². The first kappa shape index (κ1) is 15.9. The molecule has 0 spiro atoms. The fourth-order valence-electron chi connectivity index (χ4n) is 3.18. The summed E-state index contributed by atoms with van der Waals surface area (Å²) in [4.78, 5) is 28.5. The Kier molecular flexibility index (Phi) is 4.61. The summed E-state index contributed by atoms with van der Waals surface area (Å²) in [7, 11) is 0. The predicted octanol–water partition coefficient (Wildman–Crippen LogP) is 3.24. The molecule has 23 heavy (non-hydrogen) atoms. The van der Waals surface area contributed by atoms with Crippen LogP contribution in [0, 0.1) is 12.8 Å². The van der Waals surface area contributed by atoms with Gasteiger partial charge in [-0.05, 0) is 43.4 Å². The van der Waals surface area contributed by atoms with Crippen molar-refractivity contribution >= 4 is 38.5 Å². The number of nitrogens with one attached hydrogen (secondary N) is 2. The first-order chi connectivity index (χ1) is 11.0. The van der Waals surface area contributed by atoms with Gasteiger partial charge < -0.3 is 10.6 Å². The molecule has 1 heterocycles. The fourth-order valence-corrected chi connectivity index (χ4v) is 4.14. The number of amides is 2. The van der Waals surface area contributed by atoms with Crippen LogP contribution in [-0.2, 0) is 9.59 Å². The standard InChI is InChI=1S/C17H21N3O2S/c1-10-7-8-13-14(9-10)23-17(19-13)20-16(22)15(18-11(2)21)12-5-3-4-6-12/h7-9,12,15H,3-6H2,1-2H3,(H,18,21)(H,19,20,22). The van der Waals surface area contributed by atoms with Crippen LogP contribution in [0.3, 0.4) is 0 Å². The van der Waals surface area contributed by atoms with Gasteiger partial charge in [0.05, 0.1) is 10.2 Å². The van der Waals surface area contributed by atoms with E-state index in [0.717, 1.165) is 35.9 Å². The number of rotatable bonds is 4. The topological polar surface area (TPSA) is 71.1 Å². The summed E-state index contributed by atoms with van der Waals surface area (Å²) in [6, 6.07) is 5.56. The fraction of sp³-hybridized carbons (Fsp3) is 0.471. The molecule has 3 rings (SSSR count). The quantitative estimate of drug-likeness (QED) is 0.903. The van der Waals surface area contributed by atoms with Crippen LogP contribution in [-0.4, -0.2) is 22.8 Å². The van der Waals surface area contributed by atoms with Gasteiger partial charge in [0.25, 0.3) is 0 Å². The highest BCUT2D eigenvalue weighted by Gasteiger charge is 2.31. The number of aryl methyl sites for hydroxylation is 1. The van der Waals surface area contributed by atoms with Crippen LogP contribution in [0.4, 0.5) is 5.13 Å². The predicted molar refractivity (Wildman–Crippen MR) is 92.5 cm³/mol. The van der Waals surface area contributed by atoms with Gasteiger partial charge in [-0.2, -0.15) is 0 Å². The minimum absolute atomic E-state index is 0.164. The van der Waals surface area contributed by atoms with Crippen LogP contribution in [0.2, 0.25) is 0 Å². The average Bonchev–Trinajstić information content (AvgIpc) is 3.12. The molecule has 1 atom stereocenters. The zero-order chi connectivity index (χ0) is 16.4. The number of nitrogens with zero attached hydrogens (tertiary/aromatic N) is 1. The van der Waals surface area contributed by atoms with Crippen LogP contribution in [0.25, 0.3) is 10.2 Å². The van der Waals surface area contributed by atoms with Gasteiger partial charge in [0, 0.05) is 6.92 Å². The maximum atomic E-state index is 12.6. The second-order valence-corrected chi connectivity index (χ2v) is 7.23. The van der Waals surface area contributed by atoms with Crippen molar-refractivity contribution in [2.75, 3.05) is 5.32 Å². The Morgan fingerprint density at radius 2 is 2.04 bits per heavy atom. The second-order valence-electron chi connectivity index (χ2n) is 6.20. The minimum Gasteiger partial charge on any atom is -0.344 e. The zero-order valence-electron chi connectivity index (χ0n) is 13.4. The molecule has 1 fully saturated rings. The van der Waals surface area contributed by atoms with Gasteiger partial charge >= 0.3 is 0 Å². The molecule has 1 aliphatic rings. The average molecular weight is 331 g/mol. The summed E-state index contributed by atoms with van der Waals surface area (Å²) in [6.07, 6.45) is 4.21. The molecule has 122 valence electrons. The first-order valence-electron chi connectivity index (χ1n) is 7.98. The number of anilines is 1. The maximum Gasteiger partial charge on any atom is 0.249 e. The van der Waals surface area contributed by atoms with Crippen LogP contribution in [0.1, 0.15) is 38.2 Å². The molecule has 1 aliphatic carbocycles. The van der Waals surface area contributed by atoms with Crippen molar-refractivity contribution in [3.8, 4) is 0 Å². The minimum atomic E-state index is -0.469. The number of aromatic nitrogens is 1. The second kappa shape index (κ2) is 6.66. The van der Waals surface area contributed by atoms with Gasteiger partial charge in [-0.1, -0.05) is 30.2 Å². The summed E-state index contributed by atoms with van der Waals surface area (Å²) in [5, 5.41) is 6.28. The van der Waals surface area contributed by atoms with Gasteiger partial charge in [-0.15, -0.1) is 0 Å². The van der Waals surface area contributed by atoms with Gasteiger partial charge in [0.2, 0.25) is 11.8 Å². The third kappa shape index (κ3) is 3.69. The Hall–Kier alpha value is -1.95. The Morgan fingerprint density at radius 3 is 2.74 bits per heavy atom. The van der Waals surface area contributed by atoms with E-state index in [1.807, 2.05) is 19.1 Å². The lowest BCUT2D eigenvalue weighted by atomic mass is 9.97. The molecule has 1 aromatic heterocycles. The Morgan fingerprint density at radius 1 is 1.30 bits per heavy atom.